The first kappa shape index (κ1) is 13.7. The van der Waals surface area contributed by atoms with E-state index in [1.165, 1.54) is 11.1 Å². The standard InChI is InChI=1S/C15H11Br3O/c16-9-5-6-13(17)11(7-9)15(18)12-8-19-14-4-2-1-3-10(12)14/h1-7,12,15H,8H2. The van der Waals surface area contributed by atoms with Gasteiger partial charge in [0.1, 0.15) is 5.75 Å². The molecule has 0 aromatic heterocycles. The molecule has 1 aliphatic heterocycles. The summed E-state index contributed by atoms with van der Waals surface area (Å²) in [6.07, 6.45) is 0. The molecule has 0 saturated carbocycles. The van der Waals surface area contributed by atoms with E-state index < -0.39 is 0 Å². The van der Waals surface area contributed by atoms with Gasteiger partial charge in [-0.3, -0.25) is 0 Å². The molecule has 1 nitrogen and oxygen atoms in total. The van der Waals surface area contributed by atoms with Crippen molar-refractivity contribution in [2.45, 2.75) is 10.7 Å². The Morgan fingerprint density at radius 1 is 1.11 bits per heavy atom. The molecule has 0 fully saturated rings. The summed E-state index contributed by atoms with van der Waals surface area (Å²) in [7, 11) is 0. The van der Waals surface area contributed by atoms with E-state index in [0.29, 0.717) is 12.5 Å². The van der Waals surface area contributed by atoms with Gasteiger partial charge in [-0.2, -0.15) is 0 Å². The summed E-state index contributed by atoms with van der Waals surface area (Å²) in [5.41, 5.74) is 2.51. The third-order valence-corrected chi connectivity index (χ3v) is 5.69. The number of hydrogen-bond donors (Lipinski definition) is 0. The van der Waals surface area contributed by atoms with Gasteiger partial charge in [0.05, 0.1) is 11.4 Å². The van der Waals surface area contributed by atoms with Gasteiger partial charge in [0.25, 0.3) is 0 Å². The third-order valence-electron chi connectivity index (χ3n) is 3.35. The Balaban J connectivity index is 1.97. The van der Waals surface area contributed by atoms with E-state index in [1.807, 2.05) is 18.2 Å². The second-order valence-corrected chi connectivity index (χ2v) is 7.28. The molecule has 0 aliphatic carbocycles. The van der Waals surface area contributed by atoms with Gasteiger partial charge < -0.3 is 4.74 Å². The first-order valence-electron chi connectivity index (χ1n) is 5.97. The highest BCUT2D eigenvalue weighted by molar-refractivity contribution is 9.11. The number of fused-ring (bicyclic) bond motifs is 1. The molecule has 0 radical (unpaired) electrons. The van der Waals surface area contributed by atoms with E-state index in [4.69, 9.17) is 4.74 Å². The van der Waals surface area contributed by atoms with E-state index in [9.17, 15) is 0 Å². The van der Waals surface area contributed by atoms with Gasteiger partial charge in [-0.1, -0.05) is 66.0 Å². The van der Waals surface area contributed by atoms with Crippen molar-refractivity contribution in [1.29, 1.82) is 0 Å². The Hall–Kier alpha value is -0.320. The zero-order valence-electron chi connectivity index (χ0n) is 9.95. The fourth-order valence-electron chi connectivity index (χ4n) is 2.37. The van der Waals surface area contributed by atoms with Gasteiger partial charge in [0, 0.05) is 20.4 Å². The maximum atomic E-state index is 5.77. The fraction of sp³-hybridized carbons (Fsp3) is 0.200. The molecule has 98 valence electrons. The van der Waals surface area contributed by atoms with Crippen molar-refractivity contribution in [3.63, 3.8) is 0 Å². The zero-order valence-corrected chi connectivity index (χ0v) is 14.7. The van der Waals surface area contributed by atoms with E-state index in [-0.39, 0.29) is 4.83 Å². The number of alkyl halides is 1. The van der Waals surface area contributed by atoms with Gasteiger partial charge in [-0.05, 0) is 29.8 Å². The lowest BCUT2D eigenvalue weighted by Gasteiger charge is -2.18. The van der Waals surface area contributed by atoms with E-state index in [2.05, 4.69) is 72.1 Å². The molecule has 1 heterocycles. The summed E-state index contributed by atoms with van der Waals surface area (Å²) in [4.78, 5) is 0.225. The highest BCUT2D eigenvalue weighted by Crippen LogP contribution is 2.47. The van der Waals surface area contributed by atoms with Gasteiger partial charge in [-0.15, -0.1) is 0 Å². The molecule has 0 saturated heterocycles. The zero-order chi connectivity index (χ0) is 13.4. The second kappa shape index (κ2) is 5.58. The van der Waals surface area contributed by atoms with Crippen LogP contribution in [-0.4, -0.2) is 6.61 Å². The molecule has 2 atom stereocenters. The summed E-state index contributed by atoms with van der Waals surface area (Å²) in [6, 6.07) is 14.5. The number of benzene rings is 2. The molecule has 2 aromatic carbocycles. The topological polar surface area (TPSA) is 9.23 Å². The number of hydrogen-bond acceptors (Lipinski definition) is 1. The summed E-state index contributed by atoms with van der Waals surface area (Å²) >= 11 is 11.0. The highest BCUT2D eigenvalue weighted by atomic mass is 79.9. The molecule has 1 aliphatic rings. The van der Waals surface area contributed by atoms with Crippen LogP contribution in [0.4, 0.5) is 0 Å². The van der Waals surface area contributed by atoms with Gasteiger partial charge in [0.2, 0.25) is 0 Å². The summed E-state index contributed by atoms with van der Waals surface area (Å²) in [5, 5.41) is 0. The van der Waals surface area contributed by atoms with Crippen molar-refractivity contribution in [3.05, 3.63) is 62.5 Å². The largest absolute Gasteiger partial charge is 0.493 e. The van der Waals surface area contributed by atoms with Crippen LogP contribution in [0.15, 0.2) is 51.4 Å². The van der Waals surface area contributed by atoms with E-state index in [0.717, 1.165) is 14.7 Å². The Bertz CT molecular complexity index is 612. The van der Waals surface area contributed by atoms with Crippen LogP contribution in [-0.2, 0) is 0 Å². The van der Waals surface area contributed by atoms with Gasteiger partial charge in [-0.25, -0.2) is 0 Å². The maximum Gasteiger partial charge on any atom is 0.122 e. The Morgan fingerprint density at radius 2 is 1.89 bits per heavy atom. The Morgan fingerprint density at radius 3 is 2.74 bits per heavy atom. The minimum Gasteiger partial charge on any atom is -0.493 e. The summed E-state index contributed by atoms with van der Waals surface area (Å²) < 4.78 is 7.97. The number of halogens is 3. The Labute approximate surface area is 137 Å². The number of para-hydroxylation sites is 1. The lowest BCUT2D eigenvalue weighted by atomic mass is 9.94. The van der Waals surface area contributed by atoms with Crippen LogP contribution in [0.3, 0.4) is 0 Å². The van der Waals surface area contributed by atoms with Crippen LogP contribution in [0.1, 0.15) is 21.9 Å². The van der Waals surface area contributed by atoms with Crippen molar-refractivity contribution in [1.82, 2.24) is 0 Å². The molecule has 4 heteroatoms. The SMILES string of the molecule is Brc1ccc(Br)c(C(Br)C2COc3ccccc32)c1. The molecule has 0 spiro atoms. The molecule has 2 unspecified atom stereocenters. The monoisotopic (exact) mass is 444 g/mol. The first-order valence-corrected chi connectivity index (χ1v) is 8.47. The molecule has 0 amide bonds. The van der Waals surface area contributed by atoms with Crippen molar-refractivity contribution >= 4 is 47.8 Å². The minimum atomic E-state index is 0.225. The molecule has 0 N–H and O–H groups in total. The van der Waals surface area contributed by atoms with Crippen LogP contribution in [0, 0.1) is 0 Å². The average molecular weight is 447 g/mol. The second-order valence-electron chi connectivity index (χ2n) is 4.52. The van der Waals surface area contributed by atoms with Gasteiger partial charge >= 0.3 is 0 Å². The smallest absolute Gasteiger partial charge is 0.122 e. The molecule has 3 rings (SSSR count). The van der Waals surface area contributed by atoms with Crippen molar-refractivity contribution < 1.29 is 4.74 Å². The lowest BCUT2D eigenvalue weighted by molar-refractivity contribution is 0.329. The Kier molecular flexibility index (Phi) is 4.01. The maximum absolute atomic E-state index is 5.77. The van der Waals surface area contributed by atoms with Crippen LogP contribution >= 0.6 is 47.8 Å². The predicted molar refractivity (Wildman–Crippen MR) is 88.2 cm³/mol. The van der Waals surface area contributed by atoms with Crippen molar-refractivity contribution in [2.24, 2.45) is 0 Å². The molecule has 19 heavy (non-hydrogen) atoms. The predicted octanol–water partition coefficient (Wildman–Crippen LogP) is 5.82. The third kappa shape index (κ3) is 2.63. The van der Waals surface area contributed by atoms with Crippen LogP contribution < -0.4 is 4.74 Å². The molecular formula is C15H11Br3O. The van der Waals surface area contributed by atoms with Crippen LogP contribution in [0.5, 0.6) is 5.75 Å². The number of rotatable bonds is 2. The average Bonchev–Trinajstić information content (AvgIpc) is 2.84. The van der Waals surface area contributed by atoms with Crippen LogP contribution in [0.2, 0.25) is 0 Å². The summed E-state index contributed by atoms with van der Waals surface area (Å²) in [5.74, 6) is 1.34. The van der Waals surface area contributed by atoms with E-state index >= 15 is 0 Å². The van der Waals surface area contributed by atoms with Crippen molar-refractivity contribution in [3.8, 4) is 5.75 Å². The van der Waals surface area contributed by atoms with Gasteiger partial charge in [0.15, 0.2) is 0 Å². The quantitative estimate of drug-likeness (QED) is 0.528. The molecule has 2 aromatic rings. The first-order chi connectivity index (χ1) is 9.16. The fourth-order valence-corrected chi connectivity index (χ4v) is 4.37. The summed E-state index contributed by atoms with van der Waals surface area (Å²) in [6.45, 7) is 0.716. The molecule has 0 bridgehead atoms. The molecular weight excluding hydrogens is 436 g/mol. The number of ether oxygens (including phenoxy) is 1. The lowest BCUT2D eigenvalue weighted by Crippen LogP contribution is -2.08. The minimum absolute atomic E-state index is 0.225. The van der Waals surface area contributed by atoms with E-state index in [1.54, 1.807) is 0 Å². The van der Waals surface area contributed by atoms with Crippen molar-refractivity contribution in [2.75, 3.05) is 6.61 Å². The van der Waals surface area contributed by atoms with Crippen LogP contribution in [0.25, 0.3) is 0 Å². The normalized spacial score (nSPS) is 18.8. The highest BCUT2D eigenvalue weighted by Gasteiger charge is 2.31.